The van der Waals surface area contributed by atoms with Crippen molar-refractivity contribution in [2.24, 2.45) is 0 Å². The average Bonchev–Trinajstić information content (AvgIpc) is 2.38. The van der Waals surface area contributed by atoms with Crippen molar-refractivity contribution < 1.29 is 0 Å². The number of pyridine rings is 1. The zero-order valence-electron chi connectivity index (χ0n) is 10.2. The molecule has 2 N–H and O–H groups in total. The Hall–Kier alpha value is -2.35. The van der Waals surface area contributed by atoms with Crippen LogP contribution in [0.4, 0.5) is 5.82 Å². The number of nitrogens with zero attached hydrogens (tertiary/aromatic N) is 1. The van der Waals surface area contributed by atoms with Gasteiger partial charge in [0.05, 0.1) is 0 Å². The fourth-order valence-corrected chi connectivity index (χ4v) is 2.30. The summed E-state index contributed by atoms with van der Waals surface area (Å²) in [6.45, 7) is 2.06. The molecule has 3 aromatic rings. The van der Waals surface area contributed by atoms with Crippen molar-refractivity contribution in [1.82, 2.24) is 4.98 Å². The van der Waals surface area contributed by atoms with Gasteiger partial charge in [-0.1, -0.05) is 36.4 Å². The van der Waals surface area contributed by atoms with Crippen LogP contribution in [0.1, 0.15) is 5.56 Å². The lowest BCUT2D eigenvalue weighted by atomic mass is 9.98. The zero-order chi connectivity index (χ0) is 12.5. The lowest BCUT2D eigenvalue weighted by Gasteiger charge is -2.09. The highest BCUT2D eigenvalue weighted by atomic mass is 14.8. The Morgan fingerprint density at radius 3 is 2.50 bits per heavy atom. The van der Waals surface area contributed by atoms with Gasteiger partial charge in [0.25, 0.3) is 0 Å². The van der Waals surface area contributed by atoms with Crippen molar-refractivity contribution in [3.63, 3.8) is 0 Å². The molecule has 2 heteroatoms. The Morgan fingerprint density at radius 2 is 1.72 bits per heavy atom. The molecule has 0 amide bonds. The average molecular weight is 234 g/mol. The van der Waals surface area contributed by atoms with Crippen LogP contribution in [-0.2, 0) is 0 Å². The minimum Gasteiger partial charge on any atom is -0.383 e. The van der Waals surface area contributed by atoms with E-state index in [-0.39, 0.29) is 0 Å². The molecular formula is C16H14N2. The van der Waals surface area contributed by atoms with Gasteiger partial charge in [0.1, 0.15) is 5.82 Å². The van der Waals surface area contributed by atoms with Crippen LogP contribution in [0.15, 0.2) is 54.7 Å². The van der Waals surface area contributed by atoms with Crippen molar-refractivity contribution in [3.8, 4) is 11.1 Å². The Balaban J connectivity index is 2.26. The quantitative estimate of drug-likeness (QED) is 0.695. The third-order valence-corrected chi connectivity index (χ3v) is 3.23. The van der Waals surface area contributed by atoms with Crippen molar-refractivity contribution in [3.05, 3.63) is 60.3 Å². The Bertz CT molecular complexity index is 697. The number of anilines is 1. The summed E-state index contributed by atoms with van der Waals surface area (Å²) >= 11 is 0. The van der Waals surface area contributed by atoms with Crippen LogP contribution < -0.4 is 5.73 Å². The second kappa shape index (κ2) is 4.15. The number of fused-ring (bicyclic) bond motifs is 1. The molecule has 88 valence electrons. The van der Waals surface area contributed by atoms with E-state index in [1.54, 1.807) is 6.20 Å². The van der Waals surface area contributed by atoms with E-state index in [0.29, 0.717) is 5.82 Å². The van der Waals surface area contributed by atoms with Gasteiger partial charge < -0.3 is 5.73 Å². The number of nitrogens with two attached hydrogens (primary N) is 1. The van der Waals surface area contributed by atoms with E-state index in [1.165, 1.54) is 10.8 Å². The van der Waals surface area contributed by atoms with Gasteiger partial charge in [0, 0.05) is 11.8 Å². The lowest BCUT2D eigenvalue weighted by Crippen LogP contribution is -1.96. The number of rotatable bonds is 1. The van der Waals surface area contributed by atoms with Crippen LogP contribution in [-0.4, -0.2) is 4.98 Å². The number of hydrogen-bond acceptors (Lipinski definition) is 2. The second-order valence-corrected chi connectivity index (χ2v) is 4.45. The third kappa shape index (κ3) is 1.72. The maximum atomic E-state index is 5.99. The maximum absolute atomic E-state index is 5.99. The van der Waals surface area contributed by atoms with Gasteiger partial charge in [-0.2, -0.15) is 0 Å². The summed E-state index contributed by atoms with van der Waals surface area (Å²) < 4.78 is 0. The maximum Gasteiger partial charge on any atom is 0.131 e. The van der Waals surface area contributed by atoms with Crippen LogP contribution in [0.2, 0.25) is 0 Å². The fraction of sp³-hybridized carbons (Fsp3) is 0.0625. The van der Waals surface area contributed by atoms with Gasteiger partial charge in [-0.15, -0.1) is 0 Å². The number of aryl methyl sites for hydroxylation is 1. The standard InChI is InChI=1S/C16H14N2/c1-11-8-9-18-16(17)15(11)14-7-6-12-4-2-3-5-13(12)10-14/h2-10H,1H3,(H2,17,18). The number of benzene rings is 2. The van der Waals surface area contributed by atoms with Crippen LogP contribution in [0.25, 0.3) is 21.9 Å². The van der Waals surface area contributed by atoms with E-state index >= 15 is 0 Å². The molecule has 18 heavy (non-hydrogen) atoms. The Morgan fingerprint density at radius 1 is 0.944 bits per heavy atom. The molecule has 0 aliphatic carbocycles. The van der Waals surface area contributed by atoms with Gasteiger partial charge in [0.2, 0.25) is 0 Å². The van der Waals surface area contributed by atoms with Crippen molar-refractivity contribution >= 4 is 16.6 Å². The highest BCUT2D eigenvalue weighted by Gasteiger charge is 2.07. The Kier molecular flexibility index (Phi) is 2.49. The molecule has 0 spiro atoms. The monoisotopic (exact) mass is 234 g/mol. The highest BCUT2D eigenvalue weighted by Crippen LogP contribution is 2.30. The SMILES string of the molecule is Cc1ccnc(N)c1-c1ccc2ccccc2c1. The molecule has 0 bridgehead atoms. The molecule has 3 rings (SSSR count). The third-order valence-electron chi connectivity index (χ3n) is 3.23. The van der Waals surface area contributed by atoms with Gasteiger partial charge in [-0.05, 0) is 41.0 Å². The minimum atomic E-state index is 0.588. The first-order chi connectivity index (χ1) is 8.75. The summed E-state index contributed by atoms with van der Waals surface area (Å²) in [5.74, 6) is 0.588. The van der Waals surface area contributed by atoms with Crippen molar-refractivity contribution in [1.29, 1.82) is 0 Å². The fourth-order valence-electron chi connectivity index (χ4n) is 2.30. The molecule has 0 atom stereocenters. The summed E-state index contributed by atoms with van der Waals surface area (Å²) in [4.78, 5) is 4.17. The molecular weight excluding hydrogens is 220 g/mol. The summed E-state index contributed by atoms with van der Waals surface area (Å²) in [5, 5.41) is 2.46. The topological polar surface area (TPSA) is 38.9 Å². The Labute approximate surface area is 106 Å². The van der Waals surface area contributed by atoms with E-state index < -0.39 is 0 Å². The molecule has 2 aromatic carbocycles. The number of nitrogen functional groups attached to an aromatic ring is 1. The molecule has 0 radical (unpaired) electrons. The lowest BCUT2D eigenvalue weighted by molar-refractivity contribution is 1.30. The predicted octanol–water partition coefficient (Wildman–Crippen LogP) is 3.79. The summed E-state index contributed by atoms with van der Waals surface area (Å²) in [6.07, 6.45) is 1.75. The molecule has 0 saturated heterocycles. The van der Waals surface area contributed by atoms with E-state index in [9.17, 15) is 0 Å². The van der Waals surface area contributed by atoms with Crippen LogP contribution in [0.3, 0.4) is 0 Å². The molecule has 0 unspecified atom stereocenters. The first-order valence-corrected chi connectivity index (χ1v) is 5.96. The van der Waals surface area contributed by atoms with E-state index in [1.807, 2.05) is 18.2 Å². The summed E-state index contributed by atoms with van der Waals surface area (Å²) in [7, 11) is 0. The highest BCUT2D eigenvalue weighted by molar-refractivity contribution is 5.89. The second-order valence-electron chi connectivity index (χ2n) is 4.45. The van der Waals surface area contributed by atoms with E-state index in [2.05, 4.69) is 42.2 Å². The molecule has 0 aliphatic rings. The largest absolute Gasteiger partial charge is 0.383 e. The van der Waals surface area contributed by atoms with E-state index in [0.717, 1.165) is 16.7 Å². The number of hydrogen-bond donors (Lipinski definition) is 1. The van der Waals surface area contributed by atoms with Gasteiger partial charge >= 0.3 is 0 Å². The smallest absolute Gasteiger partial charge is 0.131 e. The molecule has 1 aromatic heterocycles. The van der Waals surface area contributed by atoms with E-state index in [4.69, 9.17) is 5.73 Å². The van der Waals surface area contributed by atoms with Crippen molar-refractivity contribution in [2.75, 3.05) is 5.73 Å². The molecule has 0 saturated carbocycles. The zero-order valence-corrected chi connectivity index (χ0v) is 10.2. The molecule has 0 aliphatic heterocycles. The number of aromatic nitrogens is 1. The molecule has 0 fully saturated rings. The van der Waals surface area contributed by atoms with Crippen LogP contribution in [0.5, 0.6) is 0 Å². The van der Waals surface area contributed by atoms with Crippen molar-refractivity contribution in [2.45, 2.75) is 6.92 Å². The predicted molar refractivity (Wildman–Crippen MR) is 76.3 cm³/mol. The van der Waals surface area contributed by atoms with Gasteiger partial charge in [0.15, 0.2) is 0 Å². The first kappa shape index (κ1) is 10.8. The van der Waals surface area contributed by atoms with Gasteiger partial charge in [-0.3, -0.25) is 0 Å². The first-order valence-electron chi connectivity index (χ1n) is 5.96. The normalized spacial score (nSPS) is 10.7. The summed E-state index contributed by atoms with van der Waals surface area (Å²) in [5.41, 5.74) is 9.29. The van der Waals surface area contributed by atoms with Gasteiger partial charge in [-0.25, -0.2) is 4.98 Å². The molecule has 1 heterocycles. The minimum absolute atomic E-state index is 0.588. The van der Waals surface area contributed by atoms with Crippen LogP contribution >= 0.6 is 0 Å². The molecule has 2 nitrogen and oxygen atoms in total. The van der Waals surface area contributed by atoms with Crippen LogP contribution in [0, 0.1) is 6.92 Å². The summed E-state index contributed by atoms with van der Waals surface area (Å²) in [6, 6.07) is 16.7.